The highest BCUT2D eigenvalue weighted by Gasteiger charge is 2.38. The molecule has 146 valence electrons. The summed E-state index contributed by atoms with van der Waals surface area (Å²) in [5.74, 6) is 0. The molecule has 2 aliphatic rings. The highest BCUT2D eigenvalue weighted by Crippen LogP contribution is 2.30. The van der Waals surface area contributed by atoms with Crippen LogP contribution in [0.15, 0.2) is 18.2 Å². The van der Waals surface area contributed by atoms with Crippen LogP contribution in [0.2, 0.25) is 0 Å². The molecule has 7 heteroatoms. The lowest BCUT2D eigenvalue weighted by Crippen LogP contribution is -2.59. The fourth-order valence-electron chi connectivity index (χ4n) is 4.19. The Balaban J connectivity index is 1.66. The summed E-state index contributed by atoms with van der Waals surface area (Å²) in [7, 11) is 0. The standard InChI is InChI=1S/C19H29F3N4/c1-12-6-16(24-17-7-15(23)8-17)4-5-18(12)25-9-13(2)26(14(3)10-25)11-19(20,21)22/h4-6,13-15,17,24H,7-11,23H2,1-3H3. The van der Waals surface area contributed by atoms with E-state index >= 15 is 0 Å². The number of halogens is 3. The number of alkyl halides is 3. The molecule has 2 fully saturated rings. The Morgan fingerprint density at radius 1 is 1.15 bits per heavy atom. The van der Waals surface area contributed by atoms with Crippen molar-refractivity contribution in [3.8, 4) is 0 Å². The number of rotatable bonds is 4. The highest BCUT2D eigenvalue weighted by atomic mass is 19.4. The van der Waals surface area contributed by atoms with Crippen molar-refractivity contribution in [2.45, 2.75) is 64.0 Å². The van der Waals surface area contributed by atoms with E-state index < -0.39 is 12.7 Å². The van der Waals surface area contributed by atoms with Gasteiger partial charge in [-0.2, -0.15) is 13.2 Å². The lowest BCUT2D eigenvalue weighted by atomic mass is 9.87. The van der Waals surface area contributed by atoms with E-state index in [2.05, 4.69) is 35.3 Å². The molecule has 26 heavy (non-hydrogen) atoms. The first-order valence-electron chi connectivity index (χ1n) is 9.32. The molecule has 3 N–H and O–H groups in total. The normalized spacial score (nSPS) is 30.2. The number of aryl methyl sites for hydroxylation is 1. The number of benzene rings is 1. The summed E-state index contributed by atoms with van der Waals surface area (Å²) in [6.45, 7) is 6.18. The zero-order valence-corrected chi connectivity index (χ0v) is 15.7. The van der Waals surface area contributed by atoms with Crippen LogP contribution in [0.1, 0.15) is 32.3 Å². The Morgan fingerprint density at radius 2 is 1.77 bits per heavy atom. The molecule has 1 heterocycles. The molecule has 0 aromatic heterocycles. The molecule has 0 spiro atoms. The van der Waals surface area contributed by atoms with Crippen LogP contribution in [-0.2, 0) is 0 Å². The molecule has 1 saturated heterocycles. The summed E-state index contributed by atoms with van der Waals surface area (Å²) in [6.07, 6.45) is -2.16. The predicted molar refractivity (Wildman–Crippen MR) is 99.7 cm³/mol. The van der Waals surface area contributed by atoms with Crippen molar-refractivity contribution in [3.63, 3.8) is 0 Å². The number of nitrogens with zero attached hydrogens (tertiary/aromatic N) is 2. The van der Waals surface area contributed by atoms with E-state index in [-0.39, 0.29) is 12.1 Å². The molecule has 0 radical (unpaired) electrons. The zero-order valence-electron chi connectivity index (χ0n) is 15.7. The Labute approximate surface area is 153 Å². The van der Waals surface area contributed by atoms with E-state index in [0.29, 0.717) is 25.2 Å². The average molecular weight is 370 g/mol. The van der Waals surface area contributed by atoms with Gasteiger partial charge in [0.05, 0.1) is 6.54 Å². The van der Waals surface area contributed by atoms with Crippen LogP contribution < -0.4 is 16.0 Å². The van der Waals surface area contributed by atoms with Crippen molar-refractivity contribution in [1.82, 2.24) is 4.90 Å². The monoisotopic (exact) mass is 370 g/mol. The van der Waals surface area contributed by atoms with E-state index in [0.717, 1.165) is 29.8 Å². The van der Waals surface area contributed by atoms with Gasteiger partial charge in [-0.3, -0.25) is 4.90 Å². The first-order chi connectivity index (χ1) is 12.1. The van der Waals surface area contributed by atoms with Crippen LogP contribution in [-0.4, -0.2) is 54.9 Å². The summed E-state index contributed by atoms with van der Waals surface area (Å²) in [4.78, 5) is 3.77. The number of hydrogen-bond donors (Lipinski definition) is 2. The topological polar surface area (TPSA) is 44.5 Å². The molecule has 1 aliphatic carbocycles. The van der Waals surface area contributed by atoms with Gasteiger partial charge in [0, 0.05) is 48.6 Å². The van der Waals surface area contributed by atoms with Gasteiger partial charge in [0.2, 0.25) is 0 Å². The molecule has 4 nitrogen and oxygen atoms in total. The van der Waals surface area contributed by atoms with Crippen LogP contribution in [0, 0.1) is 6.92 Å². The van der Waals surface area contributed by atoms with E-state index in [1.807, 2.05) is 13.8 Å². The van der Waals surface area contributed by atoms with Crippen molar-refractivity contribution in [2.75, 3.05) is 29.9 Å². The number of piperazine rings is 1. The van der Waals surface area contributed by atoms with Crippen LogP contribution >= 0.6 is 0 Å². The van der Waals surface area contributed by atoms with Crippen molar-refractivity contribution < 1.29 is 13.2 Å². The Kier molecular flexibility index (Phi) is 5.40. The molecule has 0 bridgehead atoms. The second kappa shape index (κ2) is 7.27. The molecule has 2 unspecified atom stereocenters. The Hall–Kier alpha value is -1.47. The third-order valence-electron chi connectivity index (χ3n) is 5.55. The average Bonchev–Trinajstić information content (AvgIpc) is 2.48. The molecular formula is C19H29F3N4. The van der Waals surface area contributed by atoms with Crippen molar-refractivity contribution in [1.29, 1.82) is 0 Å². The van der Waals surface area contributed by atoms with Gasteiger partial charge in [-0.25, -0.2) is 0 Å². The Morgan fingerprint density at radius 3 is 2.27 bits per heavy atom. The number of nitrogens with two attached hydrogens (primary N) is 1. The van der Waals surface area contributed by atoms with E-state index in [9.17, 15) is 13.2 Å². The van der Waals surface area contributed by atoms with E-state index in [1.54, 1.807) is 4.90 Å². The van der Waals surface area contributed by atoms with Gasteiger partial charge in [-0.15, -0.1) is 0 Å². The van der Waals surface area contributed by atoms with Gasteiger partial charge in [0.25, 0.3) is 0 Å². The predicted octanol–water partition coefficient (Wildman–Crippen LogP) is 3.36. The van der Waals surface area contributed by atoms with E-state index in [4.69, 9.17) is 5.73 Å². The fraction of sp³-hybridized carbons (Fsp3) is 0.684. The molecule has 2 atom stereocenters. The van der Waals surface area contributed by atoms with Crippen LogP contribution in [0.4, 0.5) is 24.5 Å². The quantitative estimate of drug-likeness (QED) is 0.853. The molecule has 3 rings (SSSR count). The van der Waals surface area contributed by atoms with Crippen molar-refractivity contribution in [3.05, 3.63) is 23.8 Å². The van der Waals surface area contributed by atoms with Gasteiger partial charge in [0.1, 0.15) is 0 Å². The fourth-order valence-corrected chi connectivity index (χ4v) is 4.19. The summed E-state index contributed by atoms with van der Waals surface area (Å²) in [6, 6.07) is 6.73. The summed E-state index contributed by atoms with van der Waals surface area (Å²) >= 11 is 0. The SMILES string of the molecule is Cc1cc(NC2CC(N)C2)ccc1N1CC(C)N(CC(F)(F)F)C(C)C1. The van der Waals surface area contributed by atoms with Crippen molar-refractivity contribution >= 4 is 11.4 Å². The second-order valence-electron chi connectivity index (χ2n) is 7.96. The number of anilines is 2. The molecule has 1 aromatic rings. The van der Waals surface area contributed by atoms with E-state index in [1.165, 1.54) is 0 Å². The summed E-state index contributed by atoms with van der Waals surface area (Å²) in [5.41, 5.74) is 9.16. The van der Waals surface area contributed by atoms with Crippen LogP contribution in [0.25, 0.3) is 0 Å². The minimum absolute atomic E-state index is 0.144. The maximum atomic E-state index is 12.8. The molecule has 1 aromatic carbocycles. The van der Waals surface area contributed by atoms with Gasteiger partial charge in [0.15, 0.2) is 0 Å². The molecule has 0 amide bonds. The van der Waals surface area contributed by atoms with Crippen molar-refractivity contribution in [2.24, 2.45) is 5.73 Å². The molecular weight excluding hydrogens is 341 g/mol. The summed E-state index contributed by atoms with van der Waals surface area (Å²) < 4.78 is 38.4. The maximum absolute atomic E-state index is 12.8. The minimum atomic E-state index is -4.15. The minimum Gasteiger partial charge on any atom is -0.382 e. The lowest BCUT2D eigenvalue weighted by Gasteiger charge is -2.46. The van der Waals surface area contributed by atoms with Crippen LogP contribution in [0.3, 0.4) is 0 Å². The smallest absolute Gasteiger partial charge is 0.382 e. The zero-order chi connectivity index (χ0) is 19.1. The Bertz CT molecular complexity index is 616. The number of hydrogen-bond acceptors (Lipinski definition) is 4. The van der Waals surface area contributed by atoms with Gasteiger partial charge in [-0.05, 0) is 57.4 Å². The third-order valence-corrected chi connectivity index (χ3v) is 5.55. The highest BCUT2D eigenvalue weighted by molar-refractivity contribution is 5.61. The summed E-state index contributed by atoms with van der Waals surface area (Å²) in [5, 5.41) is 3.50. The third kappa shape index (κ3) is 4.43. The van der Waals surface area contributed by atoms with Gasteiger partial charge >= 0.3 is 6.18 Å². The first-order valence-corrected chi connectivity index (χ1v) is 9.32. The second-order valence-corrected chi connectivity index (χ2v) is 7.96. The largest absolute Gasteiger partial charge is 0.401 e. The van der Waals surface area contributed by atoms with Gasteiger partial charge in [-0.1, -0.05) is 0 Å². The lowest BCUT2D eigenvalue weighted by molar-refractivity contribution is -0.156. The molecule has 1 saturated carbocycles. The number of nitrogens with one attached hydrogen (secondary N) is 1. The maximum Gasteiger partial charge on any atom is 0.401 e. The van der Waals surface area contributed by atoms with Gasteiger partial charge < -0.3 is 16.0 Å². The van der Waals surface area contributed by atoms with Crippen LogP contribution in [0.5, 0.6) is 0 Å². The molecule has 1 aliphatic heterocycles. The first kappa shape index (κ1) is 19.3.